The van der Waals surface area contributed by atoms with Crippen LogP contribution in [0.25, 0.3) is 10.9 Å². The number of halogens is 1. The van der Waals surface area contributed by atoms with Crippen molar-refractivity contribution in [2.75, 3.05) is 26.3 Å². The molecule has 2 heterocycles. The summed E-state index contributed by atoms with van der Waals surface area (Å²) in [7, 11) is 0. The maximum atomic E-state index is 13.6. The predicted molar refractivity (Wildman–Crippen MR) is 145 cm³/mol. The minimum atomic E-state index is -0.226. The van der Waals surface area contributed by atoms with Crippen LogP contribution in [0.2, 0.25) is 0 Å². The summed E-state index contributed by atoms with van der Waals surface area (Å²) < 4.78 is 25.1. The highest BCUT2D eigenvalue weighted by atomic mass is 19.1. The highest BCUT2D eigenvalue weighted by molar-refractivity contribution is 5.78. The first-order valence-electron chi connectivity index (χ1n) is 13.1. The van der Waals surface area contributed by atoms with Crippen molar-refractivity contribution in [3.63, 3.8) is 0 Å². The largest absolute Gasteiger partial charge is 0.494 e. The Morgan fingerprint density at radius 3 is 2.76 bits per heavy atom. The number of pyridine rings is 1. The molecule has 5 nitrogen and oxygen atoms in total. The van der Waals surface area contributed by atoms with Crippen LogP contribution in [0.1, 0.15) is 35.4 Å². The number of nitrogens with zero attached hydrogens (tertiary/aromatic N) is 1. The smallest absolute Gasteiger partial charge is 0.128 e. The molecule has 2 atom stereocenters. The zero-order valence-electron chi connectivity index (χ0n) is 21.0. The molecule has 0 bridgehead atoms. The van der Waals surface area contributed by atoms with Crippen molar-refractivity contribution >= 4 is 10.9 Å². The Morgan fingerprint density at radius 2 is 1.86 bits per heavy atom. The minimum Gasteiger partial charge on any atom is -0.494 e. The molecule has 5 rings (SSSR count). The van der Waals surface area contributed by atoms with Crippen molar-refractivity contribution in [1.82, 2.24) is 15.6 Å². The molecule has 3 aromatic carbocycles. The van der Waals surface area contributed by atoms with Crippen LogP contribution in [0.4, 0.5) is 4.39 Å². The molecule has 0 aliphatic carbocycles. The second kappa shape index (κ2) is 12.8. The predicted octanol–water partition coefficient (Wildman–Crippen LogP) is 5.59. The third kappa shape index (κ3) is 6.92. The average Bonchev–Trinajstić information content (AvgIpc) is 2.95. The van der Waals surface area contributed by atoms with Crippen LogP contribution in [0.3, 0.4) is 0 Å². The number of nitrogens with one attached hydrogen (secondary N) is 2. The van der Waals surface area contributed by atoms with Gasteiger partial charge in [0.1, 0.15) is 11.6 Å². The van der Waals surface area contributed by atoms with Gasteiger partial charge >= 0.3 is 0 Å². The van der Waals surface area contributed by atoms with E-state index in [-0.39, 0.29) is 12.4 Å². The maximum absolute atomic E-state index is 13.6. The number of benzene rings is 3. The molecule has 0 amide bonds. The third-order valence-corrected chi connectivity index (χ3v) is 6.94. The van der Waals surface area contributed by atoms with Crippen LogP contribution in [0.5, 0.6) is 5.75 Å². The van der Waals surface area contributed by atoms with Gasteiger partial charge < -0.3 is 20.1 Å². The molecule has 192 valence electrons. The van der Waals surface area contributed by atoms with E-state index in [4.69, 9.17) is 9.47 Å². The fraction of sp³-hybridized carbons (Fsp3) is 0.323. The van der Waals surface area contributed by atoms with Crippen LogP contribution in [-0.4, -0.2) is 37.3 Å². The zero-order valence-corrected chi connectivity index (χ0v) is 21.0. The van der Waals surface area contributed by atoms with E-state index in [0.717, 1.165) is 43.7 Å². The van der Waals surface area contributed by atoms with Gasteiger partial charge in [-0.05, 0) is 60.5 Å². The van der Waals surface area contributed by atoms with E-state index in [9.17, 15) is 4.39 Å². The first kappa shape index (κ1) is 25.3. The van der Waals surface area contributed by atoms with Gasteiger partial charge in [0, 0.05) is 48.6 Å². The number of fused-ring (bicyclic) bond motifs is 1. The summed E-state index contributed by atoms with van der Waals surface area (Å²) in [6, 6.07) is 26.1. The molecule has 4 aromatic rings. The highest BCUT2D eigenvalue weighted by Crippen LogP contribution is 2.28. The Bertz CT molecular complexity index is 1280. The Morgan fingerprint density at radius 1 is 0.973 bits per heavy atom. The second-order valence-electron chi connectivity index (χ2n) is 9.53. The molecule has 1 fully saturated rings. The lowest BCUT2D eigenvalue weighted by atomic mass is 9.86. The average molecular weight is 500 g/mol. The topological polar surface area (TPSA) is 55.4 Å². The summed E-state index contributed by atoms with van der Waals surface area (Å²) >= 11 is 0. The van der Waals surface area contributed by atoms with Gasteiger partial charge in [-0.2, -0.15) is 0 Å². The molecular formula is C31H34FN3O2. The highest BCUT2D eigenvalue weighted by Gasteiger charge is 2.26. The van der Waals surface area contributed by atoms with Crippen LogP contribution in [0, 0.1) is 5.82 Å². The molecular weight excluding hydrogens is 465 g/mol. The number of piperidine rings is 1. The number of aromatic nitrogens is 1. The molecule has 2 N–H and O–H groups in total. The fourth-order valence-electron chi connectivity index (χ4n) is 4.92. The van der Waals surface area contributed by atoms with Crippen molar-refractivity contribution in [3.8, 4) is 5.75 Å². The van der Waals surface area contributed by atoms with E-state index in [1.807, 2.05) is 18.3 Å². The van der Waals surface area contributed by atoms with Crippen molar-refractivity contribution in [1.29, 1.82) is 0 Å². The van der Waals surface area contributed by atoms with E-state index >= 15 is 0 Å². The van der Waals surface area contributed by atoms with E-state index in [0.29, 0.717) is 30.7 Å². The summed E-state index contributed by atoms with van der Waals surface area (Å²) in [5.74, 6) is 1.08. The van der Waals surface area contributed by atoms with Gasteiger partial charge in [0.25, 0.3) is 0 Å². The lowest BCUT2D eigenvalue weighted by Crippen LogP contribution is -2.47. The quantitative estimate of drug-likeness (QED) is 0.263. The Kier molecular flexibility index (Phi) is 8.74. The molecule has 0 radical (unpaired) electrons. The lowest BCUT2D eigenvalue weighted by Gasteiger charge is -2.33. The van der Waals surface area contributed by atoms with E-state index < -0.39 is 0 Å². The minimum absolute atomic E-state index is 0.226. The van der Waals surface area contributed by atoms with E-state index in [1.165, 1.54) is 22.6 Å². The van der Waals surface area contributed by atoms with Crippen molar-refractivity contribution in [3.05, 3.63) is 108 Å². The summed E-state index contributed by atoms with van der Waals surface area (Å²) in [5.41, 5.74) is 4.22. The molecule has 1 saturated heterocycles. The summed E-state index contributed by atoms with van der Waals surface area (Å²) in [6.45, 7) is 4.18. The van der Waals surface area contributed by atoms with Crippen LogP contribution in [0.15, 0.2) is 85.1 Å². The van der Waals surface area contributed by atoms with Crippen LogP contribution >= 0.6 is 0 Å². The Labute approximate surface area is 218 Å². The Balaban J connectivity index is 1.08. The van der Waals surface area contributed by atoms with Gasteiger partial charge in [0.05, 0.1) is 25.3 Å². The molecule has 37 heavy (non-hydrogen) atoms. The summed E-state index contributed by atoms with van der Waals surface area (Å²) in [4.78, 5) is 4.42. The number of hydrogen-bond acceptors (Lipinski definition) is 5. The molecule has 1 aromatic heterocycles. The van der Waals surface area contributed by atoms with Gasteiger partial charge in [0.2, 0.25) is 0 Å². The number of ether oxygens (including phenoxy) is 2. The number of hydrogen-bond donors (Lipinski definition) is 2. The molecule has 6 heteroatoms. The molecule has 0 spiro atoms. The lowest BCUT2D eigenvalue weighted by molar-refractivity contribution is 0.105. The van der Waals surface area contributed by atoms with Gasteiger partial charge in [-0.15, -0.1) is 0 Å². The van der Waals surface area contributed by atoms with Gasteiger partial charge in [0.15, 0.2) is 0 Å². The van der Waals surface area contributed by atoms with E-state index in [1.54, 1.807) is 12.1 Å². The van der Waals surface area contributed by atoms with Gasteiger partial charge in [-0.25, -0.2) is 4.39 Å². The van der Waals surface area contributed by atoms with E-state index in [2.05, 4.69) is 64.1 Å². The monoisotopic (exact) mass is 499 g/mol. The summed E-state index contributed by atoms with van der Waals surface area (Å²) in [5, 5.41) is 8.50. The molecule has 0 unspecified atom stereocenters. The van der Waals surface area contributed by atoms with Crippen molar-refractivity contribution < 1.29 is 13.9 Å². The van der Waals surface area contributed by atoms with Crippen LogP contribution < -0.4 is 15.4 Å². The first-order valence-corrected chi connectivity index (χ1v) is 13.1. The standard InChI is InChI=1S/C31H34FN3O2/c32-29-7-2-1-5-26(29)22-36-17-4-18-37-27-11-9-24(10-12-27)28-14-16-33-21-31(28)35-20-23-8-13-30-25(19-23)6-3-15-34-30/h1-3,5-13,15,19,28,31,33,35H,4,14,16-18,20-22H2/t28-,31-/m0/s1. The summed E-state index contributed by atoms with van der Waals surface area (Å²) in [6.07, 6.45) is 3.68. The van der Waals surface area contributed by atoms with Crippen molar-refractivity contribution in [2.45, 2.75) is 38.0 Å². The Hall–Kier alpha value is -3.32. The SMILES string of the molecule is Fc1ccccc1COCCCOc1ccc([C@@H]2CCNC[C@@H]2NCc2ccc3ncccc3c2)cc1. The van der Waals surface area contributed by atoms with Crippen LogP contribution in [-0.2, 0) is 17.9 Å². The molecule has 0 saturated carbocycles. The van der Waals surface area contributed by atoms with Gasteiger partial charge in [-0.3, -0.25) is 4.98 Å². The third-order valence-electron chi connectivity index (χ3n) is 6.94. The number of rotatable bonds is 11. The zero-order chi connectivity index (χ0) is 25.3. The second-order valence-corrected chi connectivity index (χ2v) is 9.53. The first-order chi connectivity index (χ1) is 18.3. The normalized spacial score (nSPS) is 17.6. The van der Waals surface area contributed by atoms with Crippen molar-refractivity contribution in [2.24, 2.45) is 0 Å². The fourth-order valence-corrected chi connectivity index (χ4v) is 4.92. The maximum Gasteiger partial charge on any atom is 0.128 e. The molecule has 1 aliphatic rings. The van der Waals surface area contributed by atoms with Gasteiger partial charge in [-0.1, -0.05) is 42.5 Å². The molecule has 1 aliphatic heterocycles.